The number of thiazole rings is 1. The van der Waals surface area contributed by atoms with Crippen LogP contribution in [-0.4, -0.2) is 12.0 Å². The summed E-state index contributed by atoms with van der Waals surface area (Å²) >= 11 is 1.75. The fourth-order valence-electron chi connectivity index (χ4n) is 0.850. The van der Waals surface area contributed by atoms with Crippen molar-refractivity contribution in [3.05, 3.63) is 16.1 Å². The molecule has 0 spiro atoms. The van der Waals surface area contributed by atoms with E-state index >= 15 is 0 Å². The number of hydrogen-bond acceptors (Lipinski definition) is 3. The predicted octanol–water partition coefficient (Wildman–Crippen LogP) is 1.99. The predicted molar refractivity (Wildman–Crippen MR) is 49.0 cm³/mol. The number of aromatic nitrogens is 1. The molecule has 1 N–H and O–H groups in total. The van der Waals surface area contributed by atoms with Crippen molar-refractivity contribution < 1.29 is 0 Å². The van der Waals surface area contributed by atoms with Gasteiger partial charge in [0, 0.05) is 17.8 Å². The molecule has 11 heavy (non-hydrogen) atoms. The first kappa shape index (κ1) is 8.68. The Kier molecular flexibility index (Phi) is 3.02. The third kappa shape index (κ3) is 2.27. The fourth-order valence-corrected chi connectivity index (χ4v) is 1.69. The minimum absolute atomic E-state index is 0.561. The van der Waals surface area contributed by atoms with Gasteiger partial charge in [0.2, 0.25) is 0 Å². The minimum atomic E-state index is 0.561. The lowest BCUT2D eigenvalue weighted by molar-refractivity contribution is 0.776. The van der Waals surface area contributed by atoms with Gasteiger partial charge in [0.15, 0.2) is 0 Å². The molecular weight excluding hydrogens is 156 g/mol. The first-order chi connectivity index (χ1) is 5.24. The Balaban J connectivity index is 2.66. The normalized spacial score (nSPS) is 10.9. The summed E-state index contributed by atoms with van der Waals surface area (Å²) in [5.41, 5.74) is 1.15. The molecule has 1 aromatic heterocycles. The molecule has 0 radical (unpaired) electrons. The van der Waals surface area contributed by atoms with Crippen LogP contribution in [-0.2, 0) is 6.54 Å². The van der Waals surface area contributed by atoms with Crippen LogP contribution in [0.4, 0.5) is 0 Å². The van der Waals surface area contributed by atoms with E-state index in [0.717, 1.165) is 12.2 Å². The van der Waals surface area contributed by atoms with Gasteiger partial charge in [-0.25, -0.2) is 4.98 Å². The van der Waals surface area contributed by atoms with Crippen molar-refractivity contribution in [1.82, 2.24) is 10.3 Å². The first-order valence-electron chi connectivity index (χ1n) is 3.83. The van der Waals surface area contributed by atoms with Crippen LogP contribution in [0.5, 0.6) is 0 Å². The van der Waals surface area contributed by atoms with Crippen LogP contribution in [0, 0.1) is 0 Å². The van der Waals surface area contributed by atoms with E-state index in [9.17, 15) is 0 Å². The average molecular weight is 170 g/mol. The van der Waals surface area contributed by atoms with Crippen molar-refractivity contribution in [3.63, 3.8) is 0 Å². The molecule has 0 aliphatic heterocycles. The molecule has 0 aliphatic carbocycles. The van der Waals surface area contributed by atoms with Gasteiger partial charge in [-0.15, -0.1) is 11.3 Å². The van der Waals surface area contributed by atoms with Crippen LogP contribution in [0.3, 0.4) is 0 Å². The summed E-state index contributed by atoms with van der Waals surface area (Å²) in [6, 6.07) is 0. The van der Waals surface area contributed by atoms with Crippen LogP contribution >= 0.6 is 11.3 Å². The molecule has 1 rings (SSSR count). The van der Waals surface area contributed by atoms with Crippen LogP contribution < -0.4 is 5.32 Å². The summed E-state index contributed by atoms with van der Waals surface area (Å²) in [6.07, 6.45) is 0. The summed E-state index contributed by atoms with van der Waals surface area (Å²) in [6.45, 7) is 5.22. The largest absolute Gasteiger partial charge is 0.314 e. The summed E-state index contributed by atoms with van der Waals surface area (Å²) in [7, 11) is 1.94. The lowest BCUT2D eigenvalue weighted by atomic mass is 10.2. The highest BCUT2D eigenvalue weighted by Crippen LogP contribution is 2.18. The molecule has 0 aromatic carbocycles. The molecule has 0 aliphatic rings. The molecule has 0 amide bonds. The molecule has 1 aromatic rings. The Bertz CT molecular complexity index is 218. The first-order valence-corrected chi connectivity index (χ1v) is 4.71. The molecule has 0 bridgehead atoms. The lowest BCUT2D eigenvalue weighted by Gasteiger charge is -1.96. The van der Waals surface area contributed by atoms with Crippen molar-refractivity contribution in [2.75, 3.05) is 7.05 Å². The van der Waals surface area contributed by atoms with Crippen LogP contribution in [0.25, 0.3) is 0 Å². The van der Waals surface area contributed by atoms with Gasteiger partial charge < -0.3 is 5.32 Å². The highest BCUT2D eigenvalue weighted by atomic mass is 32.1. The maximum atomic E-state index is 4.46. The van der Waals surface area contributed by atoms with Gasteiger partial charge in [-0.1, -0.05) is 13.8 Å². The monoisotopic (exact) mass is 170 g/mol. The van der Waals surface area contributed by atoms with Crippen molar-refractivity contribution in [3.8, 4) is 0 Å². The molecule has 0 saturated heterocycles. The average Bonchev–Trinajstić information content (AvgIpc) is 2.37. The topological polar surface area (TPSA) is 24.9 Å². The maximum Gasteiger partial charge on any atom is 0.0954 e. The summed E-state index contributed by atoms with van der Waals surface area (Å²) in [5, 5.41) is 6.43. The SMILES string of the molecule is CNCc1csc(C(C)C)n1. The van der Waals surface area contributed by atoms with E-state index in [1.165, 1.54) is 5.01 Å². The van der Waals surface area contributed by atoms with Crippen molar-refractivity contribution in [2.24, 2.45) is 0 Å². The van der Waals surface area contributed by atoms with E-state index in [-0.39, 0.29) is 0 Å². The van der Waals surface area contributed by atoms with E-state index in [2.05, 4.69) is 29.5 Å². The van der Waals surface area contributed by atoms with Gasteiger partial charge >= 0.3 is 0 Å². The third-order valence-electron chi connectivity index (χ3n) is 1.42. The molecule has 62 valence electrons. The van der Waals surface area contributed by atoms with Crippen LogP contribution in [0.15, 0.2) is 5.38 Å². The van der Waals surface area contributed by atoms with Gasteiger partial charge in [0.1, 0.15) is 0 Å². The lowest BCUT2D eigenvalue weighted by Crippen LogP contribution is -2.05. The summed E-state index contributed by atoms with van der Waals surface area (Å²) in [5.74, 6) is 0.561. The Labute approximate surface area is 71.7 Å². The summed E-state index contributed by atoms with van der Waals surface area (Å²) in [4.78, 5) is 4.46. The quantitative estimate of drug-likeness (QED) is 0.750. The van der Waals surface area contributed by atoms with E-state index in [4.69, 9.17) is 0 Å². The highest BCUT2D eigenvalue weighted by molar-refractivity contribution is 7.09. The molecular formula is C8H14N2S. The summed E-state index contributed by atoms with van der Waals surface area (Å²) < 4.78 is 0. The Morgan fingerprint density at radius 1 is 1.64 bits per heavy atom. The number of hydrogen-bond donors (Lipinski definition) is 1. The number of nitrogens with one attached hydrogen (secondary N) is 1. The standard InChI is InChI=1S/C8H14N2S/c1-6(2)8-10-7(4-9-3)5-11-8/h5-6,9H,4H2,1-3H3. The number of nitrogens with zero attached hydrogens (tertiary/aromatic N) is 1. The molecule has 0 atom stereocenters. The van der Waals surface area contributed by atoms with Gasteiger partial charge in [-0.05, 0) is 7.05 Å². The van der Waals surface area contributed by atoms with E-state index in [1.54, 1.807) is 11.3 Å². The molecule has 0 fully saturated rings. The maximum absolute atomic E-state index is 4.46. The zero-order chi connectivity index (χ0) is 8.27. The molecule has 0 unspecified atom stereocenters. The van der Waals surface area contributed by atoms with Crippen LogP contribution in [0.1, 0.15) is 30.5 Å². The second-order valence-corrected chi connectivity index (χ2v) is 3.75. The van der Waals surface area contributed by atoms with Crippen LogP contribution in [0.2, 0.25) is 0 Å². The van der Waals surface area contributed by atoms with E-state index < -0.39 is 0 Å². The van der Waals surface area contributed by atoms with Gasteiger partial charge in [0.05, 0.1) is 10.7 Å². The zero-order valence-electron chi connectivity index (χ0n) is 7.22. The third-order valence-corrected chi connectivity index (χ3v) is 2.62. The fraction of sp³-hybridized carbons (Fsp3) is 0.625. The Morgan fingerprint density at radius 3 is 2.82 bits per heavy atom. The highest BCUT2D eigenvalue weighted by Gasteiger charge is 2.03. The van der Waals surface area contributed by atoms with Gasteiger partial charge in [0.25, 0.3) is 0 Å². The Hall–Kier alpha value is -0.410. The van der Waals surface area contributed by atoms with Crippen molar-refractivity contribution >= 4 is 11.3 Å². The molecule has 2 nitrogen and oxygen atoms in total. The van der Waals surface area contributed by atoms with E-state index in [1.807, 2.05) is 7.05 Å². The molecule has 3 heteroatoms. The minimum Gasteiger partial charge on any atom is -0.314 e. The molecule has 1 heterocycles. The second kappa shape index (κ2) is 3.83. The number of rotatable bonds is 3. The smallest absolute Gasteiger partial charge is 0.0954 e. The van der Waals surface area contributed by atoms with Gasteiger partial charge in [-0.3, -0.25) is 0 Å². The van der Waals surface area contributed by atoms with Crippen molar-refractivity contribution in [1.29, 1.82) is 0 Å². The van der Waals surface area contributed by atoms with Gasteiger partial charge in [-0.2, -0.15) is 0 Å². The molecule has 0 saturated carbocycles. The zero-order valence-corrected chi connectivity index (χ0v) is 8.03. The van der Waals surface area contributed by atoms with Crippen molar-refractivity contribution in [2.45, 2.75) is 26.3 Å². The Morgan fingerprint density at radius 2 is 2.36 bits per heavy atom. The second-order valence-electron chi connectivity index (χ2n) is 2.86. The van der Waals surface area contributed by atoms with E-state index in [0.29, 0.717) is 5.92 Å².